The molecule has 2 rings (SSSR count). The molecule has 0 aliphatic heterocycles. The molecule has 20 heavy (non-hydrogen) atoms. The Morgan fingerprint density at radius 2 is 2.00 bits per heavy atom. The second-order valence-electron chi connectivity index (χ2n) is 5.53. The molecule has 0 atom stereocenters. The summed E-state index contributed by atoms with van der Waals surface area (Å²) in [5.74, 6) is -0.661. The Hall–Kier alpha value is -2.11. The first kappa shape index (κ1) is 14.3. The zero-order valence-electron chi connectivity index (χ0n) is 11.4. The molecule has 1 fully saturated rings. The first-order chi connectivity index (χ1) is 9.41. The van der Waals surface area contributed by atoms with Gasteiger partial charge in [-0.15, -0.1) is 0 Å². The van der Waals surface area contributed by atoms with Gasteiger partial charge in [-0.25, -0.2) is 0 Å². The number of nitrogens with zero attached hydrogens (tertiary/aromatic N) is 1. The van der Waals surface area contributed by atoms with Crippen molar-refractivity contribution in [2.75, 3.05) is 0 Å². The van der Waals surface area contributed by atoms with E-state index < -0.39 is 10.8 Å². The Bertz CT molecular complexity index is 536. The van der Waals surface area contributed by atoms with Gasteiger partial charge < -0.3 is 10.4 Å². The molecule has 1 amide bonds. The van der Waals surface area contributed by atoms with Gasteiger partial charge in [-0.1, -0.05) is 19.3 Å². The van der Waals surface area contributed by atoms with E-state index in [1.807, 2.05) is 6.92 Å². The minimum absolute atomic E-state index is 0.0956. The van der Waals surface area contributed by atoms with Crippen molar-refractivity contribution < 1.29 is 14.8 Å². The molecule has 0 bridgehead atoms. The van der Waals surface area contributed by atoms with Crippen LogP contribution in [0.2, 0.25) is 0 Å². The fourth-order valence-corrected chi connectivity index (χ4v) is 2.66. The van der Waals surface area contributed by atoms with Gasteiger partial charge in [0.05, 0.1) is 4.92 Å². The standard InChI is InChI=1S/C14H18N2O4/c1-14(7-3-2-4-8-14)15-13(18)11-9-10(17)5-6-12(11)16(19)20/h5-6,9,17H,2-4,7-8H2,1H3,(H,15,18). The summed E-state index contributed by atoms with van der Waals surface area (Å²) < 4.78 is 0. The van der Waals surface area contributed by atoms with Gasteiger partial charge >= 0.3 is 0 Å². The highest BCUT2D eigenvalue weighted by Crippen LogP contribution is 2.29. The number of nitrogens with one attached hydrogen (secondary N) is 1. The molecule has 0 spiro atoms. The fourth-order valence-electron chi connectivity index (χ4n) is 2.66. The third-order valence-electron chi connectivity index (χ3n) is 3.79. The number of hydrogen-bond donors (Lipinski definition) is 2. The van der Waals surface area contributed by atoms with Gasteiger partial charge in [0.25, 0.3) is 11.6 Å². The zero-order chi connectivity index (χ0) is 14.8. The van der Waals surface area contributed by atoms with Crippen LogP contribution >= 0.6 is 0 Å². The van der Waals surface area contributed by atoms with Crippen LogP contribution in [0.4, 0.5) is 5.69 Å². The molecule has 6 heteroatoms. The Balaban J connectivity index is 2.24. The molecule has 6 nitrogen and oxygen atoms in total. The summed E-state index contributed by atoms with van der Waals surface area (Å²) in [5.41, 5.74) is -0.712. The lowest BCUT2D eigenvalue weighted by Gasteiger charge is -2.34. The molecular formula is C14H18N2O4. The van der Waals surface area contributed by atoms with Crippen LogP contribution in [0.3, 0.4) is 0 Å². The molecule has 1 saturated carbocycles. The maximum absolute atomic E-state index is 12.3. The summed E-state index contributed by atoms with van der Waals surface area (Å²) in [6, 6.07) is 3.49. The number of carbonyl (C=O) groups is 1. The monoisotopic (exact) mass is 278 g/mol. The van der Waals surface area contributed by atoms with Crippen molar-refractivity contribution in [1.82, 2.24) is 5.32 Å². The maximum atomic E-state index is 12.3. The minimum atomic E-state index is -0.614. The summed E-state index contributed by atoms with van der Waals surface area (Å²) in [5, 5.41) is 23.3. The highest BCUT2D eigenvalue weighted by molar-refractivity contribution is 5.99. The second-order valence-corrected chi connectivity index (χ2v) is 5.53. The number of rotatable bonds is 3. The fraction of sp³-hybridized carbons (Fsp3) is 0.500. The third-order valence-corrected chi connectivity index (χ3v) is 3.79. The highest BCUT2D eigenvalue weighted by Gasteiger charge is 2.31. The van der Waals surface area contributed by atoms with Gasteiger partial charge in [0.2, 0.25) is 0 Å². The van der Waals surface area contributed by atoms with Crippen molar-refractivity contribution in [3.05, 3.63) is 33.9 Å². The van der Waals surface area contributed by atoms with Crippen molar-refractivity contribution >= 4 is 11.6 Å². The molecule has 1 aromatic rings. The number of amides is 1. The second kappa shape index (κ2) is 5.48. The van der Waals surface area contributed by atoms with Crippen LogP contribution in [0, 0.1) is 10.1 Å². The molecule has 0 radical (unpaired) electrons. The van der Waals surface area contributed by atoms with Gasteiger partial charge in [-0.3, -0.25) is 14.9 Å². The first-order valence-corrected chi connectivity index (χ1v) is 6.71. The van der Waals surface area contributed by atoms with E-state index in [1.165, 1.54) is 6.07 Å². The van der Waals surface area contributed by atoms with E-state index in [2.05, 4.69) is 5.32 Å². The third kappa shape index (κ3) is 3.07. The van der Waals surface area contributed by atoms with Crippen LogP contribution in [0.5, 0.6) is 5.75 Å². The minimum Gasteiger partial charge on any atom is -0.508 e. The van der Waals surface area contributed by atoms with Crippen LogP contribution in [-0.4, -0.2) is 21.5 Å². The number of carbonyl (C=O) groups excluding carboxylic acids is 1. The Morgan fingerprint density at radius 3 is 2.60 bits per heavy atom. The number of nitro groups is 1. The molecule has 0 heterocycles. The molecule has 108 valence electrons. The van der Waals surface area contributed by atoms with Gasteiger partial charge in [0.15, 0.2) is 0 Å². The summed E-state index contributed by atoms with van der Waals surface area (Å²) >= 11 is 0. The predicted molar refractivity (Wildman–Crippen MR) is 73.7 cm³/mol. The van der Waals surface area contributed by atoms with Crippen LogP contribution < -0.4 is 5.32 Å². The van der Waals surface area contributed by atoms with E-state index in [9.17, 15) is 20.0 Å². The SMILES string of the molecule is CC1(NC(=O)c2cc(O)ccc2[N+](=O)[O-])CCCCC1. The number of phenolic OH excluding ortho intramolecular Hbond substituents is 1. The quantitative estimate of drug-likeness (QED) is 0.656. The van der Waals surface area contributed by atoms with E-state index in [4.69, 9.17) is 0 Å². The summed E-state index contributed by atoms with van der Waals surface area (Å²) in [4.78, 5) is 22.6. The highest BCUT2D eigenvalue weighted by atomic mass is 16.6. The maximum Gasteiger partial charge on any atom is 0.282 e. The van der Waals surface area contributed by atoms with Gasteiger partial charge in [-0.05, 0) is 31.9 Å². The smallest absolute Gasteiger partial charge is 0.282 e. The average Bonchev–Trinajstić information content (AvgIpc) is 2.38. The van der Waals surface area contributed by atoms with Crippen molar-refractivity contribution in [3.63, 3.8) is 0 Å². The Labute approximate surface area is 117 Å². The van der Waals surface area contributed by atoms with Crippen molar-refractivity contribution in [2.24, 2.45) is 0 Å². The number of benzene rings is 1. The molecular weight excluding hydrogens is 260 g/mol. The lowest BCUT2D eigenvalue weighted by molar-refractivity contribution is -0.385. The Morgan fingerprint density at radius 1 is 1.35 bits per heavy atom. The molecule has 1 aliphatic carbocycles. The van der Waals surface area contributed by atoms with Gasteiger partial charge in [0, 0.05) is 11.6 Å². The number of phenols is 1. The molecule has 2 N–H and O–H groups in total. The zero-order valence-corrected chi connectivity index (χ0v) is 11.4. The van der Waals surface area contributed by atoms with E-state index in [0.29, 0.717) is 0 Å². The van der Waals surface area contributed by atoms with Crippen LogP contribution in [0.15, 0.2) is 18.2 Å². The molecule has 0 saturated heterocycles. The van der Waals surface area contributed by atoms with E-state index in [-0.39, 0.29) is 22.5 Å². The Kier molecular flexibility index (Phi) is 3.92. The van der Waals surface area contributed by atoms with E-state index >= 15 is 0 Å². The lowest BCUT2D eigenvalue weighted by Crippen LogP contribution is -2.47. The normalized spacial score (nSPS) is 17.4. The first-order valence-electron chi connectivity index (χ1n) is 6.71. The van der Waals surface area contributed by atoms with Gasteiger partial charge in [0.1, 0.15) is 11.3 Å². The number of aromatic hydroxyl groups is 1. The van der Waals surface area contributed by atoms with E-state index in [0.717, 1.165) is 44.2 Å². The summed E-state index contributed by atoms with van der Waals surface area (Å²) in [7, 11) is 0. The summed E-state index contributed by atoms with van der Waals surface area (Å²) in [6.45, 7) is 1.96. The largest absolute Gasteiger partial charge is 0.508 e. The van der Waals surface area contributed by atoms with Crippen molar-refractivity contribution in [1.29, 1.82) is 0 Å². The van der Waals surface area contributed by atoms with Crippen LogP contribution in [0.1, 0.15) is 49.4 Å². The topological polar surface area (TPSA) is 92.5 Å². The van der Waals surface area contributed by atoms with Crippen molar-refractivity contribution in [3.8, 4) is 5.75 Å². The summed E-state index contributed by atoms with van der Waals surface area (Å²) in [6.07, 6.45) is 4.96. The number of hydrogen-bond acceptors (Lipinski definition) is 4. The lowest BCUT2D eigenvalue weighted by atomic mass is 9.83. The van der Waals surface area contributed by atoms with Crippen molar-refractivity contribution in [2.45, 2.75) is 44.6 Å². The molecule has 0 unspecified atom stereocenters. The number of nitro benzene ring substituents is 1. The van der Waals surface area contributed by atoms with Crippen LogP contribution in [0.25, 0.3) is 0 Å². The average molecular weight is 278 g/mol. The molecule has 0 aromatic heterocycles. The molecule has 1 aliphatic rings. The van der Waals surface area contributed by atoms with Crippen LogP contribution in [-0.2, 0) is 0 Å². The predicted octanol–water partition coefficient (Wildman–Crippen LogP) is 2.75. The molecule has 1 aromatic carbocycles. The van der Waals surface area contributed by atoms with E-state index in [1.54, 1.807) is 0 Å². The van der Waals surface area contributed by atoms with Gasteiger partial charge in [-0.2, -0.15) is 0 Å².